The van der Waals surface area contributed by atoms with Gasteiger partial charge in [-0.15, -0.1) is 0 Å². The third kappa shape index (κ3) is 2.50. The largest absolute Gasteiger partial charge is 0.398 e. The molecular weight excluding hydrogens is 258 g/mol. The fourth-order valence-electron chi connectivity index (χ4n) is 2.05. The summed E-state index contributed by atoms with van der Waals surface area (Å²) in [4.78, 5) is 24.4. The summed E-state index contributed by atoms with van der Waals surface area (Å²) < 4.78 is 1.68. The summed E-state index contributed by atoms with van der Waals surface area (Å²) in [6.45, 7) is 1.64. The highest BCUT2D eigenvalue weighted by Gasteiger charge is 2.16. The van der Waals surface area contributed by atoms with Crippen LogP contribution in [0.4, 0.5) is 5.69 Å². The van der Waals surface area contributed by atoms with Crippen LogP contribution in [0.3, 0.4) is 0 Å². The van der Waals surface area contributed by atoms with Crippen molar-refractivity contribution in [3.8, 4) is 0 Å². The van der Waals surface area contributed by atoms with E-state index in [1.165, 1.54) is 6.20 Å². The van der Waals surface area contributed by atoms with E-state index < -0.39 is 17.4 Å². The number of rotatable bonds is 3. The van der Waals surface area contributed by atoms with E-state index in [4.69, 9.17) is 10.8 Å². The standard InChI is InChI=1S/C14H17N3O3/c1-8(18)6-16-14(20)9-7-17(2)11-5-3-4-10(15)12(11)13(9)19/h3-5,7-8,18H,6,15H2,1-2H3,(H,16,20). The summed E-state index contributed by atoms with van der Waals surface area (Å²) in [5.41, 5.74) is 6.45. The maximum Gasteiger partial charge on any atom is 0.256 e. The molecule has 0 spiro atoms. The number of hydrogen-bond acceptors (Lipinski definition) is 4. The molecule has 1 atom stereocenters. The first-order valence-corrected chi connectivity index (χ1v) is 6.26. The van der Waals surface area contributed by atoms with Gasteiger partial charge in [-0.05, 0) is 19.1 Å². The second kappa shape index (κ2) is 5.34. The number of aromatic nitrogens is 1. The van der Waals surface area contributed by atoms with Gasteiger partial charge in [0.05, 0.1) is 17.0 Å². The highest BCUT2D eigenvalue weighted by atomic mass is 16.3. The normalized spacial score (nSPS) is 12.3. The van der Waals surface area contributed by atoms with Crippen LogP contribution in [-0.2, 0) is 7.05 Å². The van der Waals surface area contributed by atoms with Gasteiger partial charge < -0.3 is 20.7 Å². The minimum atomic E-state index is -0.673. The average Bonchev–Trinajstić information content (AvgIpc) is 2.40. The molecule has 20 heavy (non-hydrogen) atoms. The van der Waals surface area contributed by atoms with E-state index in [9.17, 15) is 9.59 Å². The number of nitrogen functional groups attached to an aromatic ring is 1. The topological polar surface area (TPSA) is 97.3 Å². The summed E-state index contributed by atoms with van der Waals surface area (Å²) in [6.07, 6.45) is 0.801. The van der Waals surface area contributed by atoms with Crippen molar-refractivity contribution in [2.75, 3.05) is 12.3 Å². The predicted octanol–water partition coefficient (Wildman–Crippen LogP) is 0.231. The van der Waals surface area contributed by atoms with Crippen LogP contribution < -0.4 is 16.5 Å². The zero-order valence-corrected chi connectivity index (χ0v) is 11.4. The van der Waals surface area contributed by atoms with Crippen molar-refractivity contribution in [1.29, 1.82) is 0 Å². The minimum absolute atomic E-state index is 0.0125. The Hall–Kier alpha value is -2.34. The molecule has 1 aromatic carbocycles. The number of aryl methyl sites for hydroxylation is 1. The smallest absolute Gasteiger partial charge is 0.256 e. The van der Waals surface area contributed by atoms with E-state index in [-0.39, 0.29) is 12.1 Å². The molecule has 6 heteroatoms. The van der Waals surface area contributed by atoms with Crippen molar-refractivity contribution < 1.29 is 9.90 Å². The van der Waals surface area contributed by atoms with Gasteiger partial charge in [-0.25, -0.2) is 0 Å². The number of nitrogens with two attached hydrogens (primary N) is 1. The molecule has 6 nitrogen and oxygen atoms in total. The van der Waals surface area contributed by atoms with Crippen molar-refractivity contribution in [2.45, 2.75) is 13.0 Å². The van der Waals surface area contributed by atoms with Crippen LogP contribution in [-0.4, -0.2) is 28.2 Å². The van der Waals surface area contributed by atoms with Crippen LogP contribution in [0.2, 0.25) is 0 Å². The van der Waals surface area contributed by atoms with E-state index in [0.717, 1.165) is 0 Å². The molecular formula is C14H17N3O3. The number of aliphatic hydroxyl groups is 1. The van der Waals surface area contributed by atoms with Crippen molar-refractivity contribution in [2.24, 2.45) is 7.05 Å². The number of anilines is 1. The van der Waals surface area contributed by atoms with Gasteiger partial charge in [-0.1, -0.05) is 6.07 Å². The number of aliphatic hydroxyl groups excluding tert-OH is 1. The second-order valence-corrected chi connectivity index (χ2v) is 4.78. The Balaban J connectivity index is 2.56. The van der Waals surface area contributed by atoms with Gasteiger partial charge in [-0.2, -0.15) is 0 Å². The number of benzene rings is 1. The summed E-state index contributed by atoms with van der Waals surface area (Å²) in [5.74, 6) is -0.517. The lowest BCUT2D eigenvalue weighted by atomic mass is 10.1. The Morgan fingerprint density at radius 3 is 2.85 bits per heavy atom. The number of pyridine rings is 1. The zero-order chi connectivity index (χ0) is 14.9. The molecule has 0 bridgehead atoms. The molecule has 0 radical (unpaired) electrons. The SMILES string of the molecule is CC(O)CNC(=O)c1cn(C)c2cccc(N)c2c1=O. The van der Waals surface area contributed by atoms with Crippen molar-refractivity contribution in [3.63, 3.8) is 0 Å². The van der Waals surface area contributed by atoms with Gasteiger partial charge in [0, 0.05) is 25.5 Å². The summed E-state index contributed by atoms with van der Waals surface area (Å²) >= 11 is 0. The first-order valence-electron chi connectivity index (χ1n) is 6.26. The summed E-state index contributed by atoms with van der Waals surface area (Å²) in [5, 5.41) is 12.0. The molecule has 1 unspecified atom stereocenters. The minimum Gasteiger partial charge on any atom is -0.398 e. The molecule has 0 aliphatic rings. The number of hydrogen-bond donors (Lipinski definition) is 3. The molecule has 106 valence electrons. The van der Waals surface area contributed by atoms with E-state index >= 15 is 0 Å². The fourth-order valence-corrected chi connectivity index (χ4v) is 2.05. The monoisotopic (exact) mass is 275 g/mol. The summed E-state index contributed by atoms with van der Waals surface area (Å²) in [7, 11) is 1.74. The average molecular weight is 275 g/mol. The fraction of sp³-hybridized carbons (Fsp3) is 0.286. The van der Waals surface area contributed by atoms with Crippen LogP contribution in [0.15, 0.2) is 29.2 Å². The number of amides is 1. The van der Waals surface area contributed by atoms with Crippen LogP contribution >= 0.6 is 0 Å². The lowest BCUT2D eigenvalue weighted by Gasteiger charge is -2.11. The molecule has 0 aliphatic carbocycles. The highest BCUT2D eigenvalue weighted by Crippen LogP contribution is 2.17. The molecule has 0 saturated heterocycles. The van der Waals surface area contributed by atoms with Gasteiger partial charge in [0.2, 0.25) is 5.43 Å². The Kier molecular flexibility index (Phi) is 3.76. The van der Waals surface area contributed by atoms with Crippen molar-refractivity contribution >= 4 is 22.5 Å². The van der Waals surface area contributed by atoms with Crippen LogP contribution in [0.25, 0.3) is 10.9 Å². The molecule has 4 N–H and O–H groups in total. The molecule has 2 aromatic rings. The van der Waals surface area contributed by atoms with E-state index in [1.54, 1.807) is 36.7 Å². The molecule has 0 fully saturated rings. The number of carbonyl (C=O) groups excluding carboxylic acids is 1. The van der Waals surface area contributed by atoms with Gasteiger partial charge >= 0.3 is 0 Å². The molecule has 1 aromatic heterocycles. The first-order chi connectivity index (χ1) is 9.41. The Morgan fingerprint density at radius 1 is 1.50 bits per heavy atom. The maximum absolute atomic E-state index is 12.4. The molecule has 1 heterocycles. The maximum atomic E-state index is 12.4. The van der Waals surface area contributed by atoms with Gasteiger partial charge in [0.1, 0.15) is 5.56 Å². The Morgan fingerprint density at radius 2 is 2.20 bits per heavy atom. The number of carbonyl (C=O) groups is 1. The number of nitrogens with zero attached hydrogens (tertiary/aromatic N) is 1. The lowest BCUT2D eigenvalue weighted by molar-refractivity contribution is 0.0922. The van der Waals surface area contributed by atoms with Gasteiger partial charge in [-0.3, -0.25) is 9.59 Å². The van der Waals surface area contributed by atoms with Crippen LogP contribution in [0, 0.1) is 0 Å². The van der Waals surface area contributed by atoms with Gasteiger partial charge in [0.25, 0.3) is 5.91 Å². The Bertz CT molecular complexity index is 719. The third-order valence-electron chi connectivity index (χ3n) is 3.05. The van der Waals surface area contributed by atoms with Crippen molar-refractivity contribution in [1.82, 2.24) is 9.88 Å². The highest BCUT2D eigenvalue weighted by molar-refractivity contribution is 6.00. The number of fused-ring (bicyclic) bond motifs is 1. The van der Waals surface area contributed by atoms with Crippen molar-refractivity contribution in [3.05, 3.63) is 40.2 Å². The molecule has 0 aliphatic heterocycles. The summed E-state index contributed by atoms with van der Waals surface area (Å²) in [6, 6.07) is 5.15. The van der Waals surface area contributed by atoms with Gasteiger partial charge in [0.15, 0.2) is 0 Å². The molecule has 0 saturated carbocycles. The van der Waals surface area contributed by atoms with E-state index in [0.29, 0.717) is 16.6 Å². The first kappa shape index (κ1) is 14.1. The number of nitrogens with one attached hydrogen (secondary N) is 1. The quantitative estimate of drug-likeness (QED) is 0.698. The third-order valence-corrected chi connectivity index (χ3v) is 3.05. The lowest BCUT2D eigenvalue weighted by Crippen LogP contribution is -2.34. The zero-order valence-electron chi connectivity index (χ0n) is 11.4. The molecule has 1 amide bonds. The molecule has 2 rings (SSSR count). The van der Waals surface area contributed by atoms with E-state index in [1.807, 2.05) is 0 Å². The predicted molar refractivity (Wildman–Crippen MR) is 77.6 cm³/mol. The second-order valence-electron chi connectivity index (χ2n) is 4.78. The Labute approximate surface area is 115 Å². The van der Waals surface area contributed by atoms with E-state index in [2.05, 4.69) is 5.32 Å². The van der Waals surface area contributed by atoms with Crippen LogP contribution in [0.5, 0.6) is 0 Å². The van der Waals surface area contributed by atoms with Crippen LogP contribution in [0.1, 0.15) is 17.3 Å².